The average molecular weight is 246 g/mol. The number of carboxylic acids is 1. The molecule has 0 aliphatic rings. The molecule has 0 bridgehead atoms. The van der Waals surface area contributed by atoms with Crippen LogP contribution in [-0.4, -0.2) is 21.0 Å². The van der Waals surface area contributed by atoms with Crippen molar-refractivity contribution in [1.82, 2.24) is 9.97 Å². The Morgan fingerprint density at radius 2 is 1.94 bits per heavy atom. The van der Waals surface area contributed by atoms with Gasteiger partial charge in [-0.1, -0.05) is 12.1 Å². The highest BCUT2D eigenvalue weighted by molar-refractivity contribution is 5.83. The molecule has 5 heteroatoms. The maximum absolute atomic E-state index is 12.8. The SMILES string of the molecule is Cc1cc(Cc2ccc(F)cc2)nc(C(=O)O)n1. The molecule has 0 amide bonds. The molecule has 2 aromatic rings. The van der Waals surface area contributed by atoms with Crippen LogP contribution in [0.3, 0.4) is 0 Å². The molecule has 0 spiro atoms. The summed E-state index contributed by atoms with van der Waals surface area (Å²) in [6.07, 6.45) is 0.448. The predicted octanol–water partition coefficient (Wildman–Crippen LogP) is 2.21. The van der Waals surface area contributed by atoms with Gasteiger partial charge in [-0.2, -0.15) is 0 Å². The van der Waals surface area contributed by atoms with Crippen LogP contribution in [0, 0.1) is 12.7 Å². The highest BCUT2D eigenvalue weighted by atomic mass is 19.1. The van der Waals surface area contributed by atoms with Gasteiger partial charge in [0.1, 0.15) is 5.82 Å². The van der Waals surface area contributed by atoms with Gasteiger partial charge in [0, 0.05) is 17.8 Å². The van der Waals surface area contributed by atoms with E-state index in [9.17, 15) is 9.18 Å². The number of carboxylic acid groups (broad SMARTS) is 1. The summed E-state index contributed by atoms with van der Waals surface area (Å²) in [4.78, 5) is 18.6. The lowest BCUT2D eigenvalue weighted by molar-refractivity contribution is 0.0682. The van der Waals surface area contributed by atoms with Gasteiger partial charge in [0.25, 0.3) is 0 Å². The molecule has 18 heavy (non-hydrogen) atoms. The van der Waals surface area contributed by atoms with Crippen molar-refractivity contribution in [2.75, 3.05) is 0 Å². The number of rotatable bonds is 3. The minimum Gasteiger partial charge on any atom is -0.475 e. The molecule has 1 aromatic carbocycles. The zero-order chi connectivity index (χ0) is 13.1. The van der Waals surface area contributed by atoms with E-state index in [4.69, 9.17) is 5.11 Å². The van der Waals surface area contributed by atoms with E-state index in [1.54, 1.807) is 25.1 Å². The minimum atomic E-state index is -1.15. The first kappa shape index (κ1) is 12.2. The minimum absolute atomic E-state index is 0.216. The number of benzene rings is 1. The van der Waals surface area contributed by atoms with E-state index in [1.807, 2.05) is 0 Å². The summed E-state index contributed by atoms with van der Waals surface area (Å²) < 4.78 is 12.8. The highest BCUT2D eigenvalue weighted by Gasteiger charge is 2.09. The van der Waals surface area contributed by atoms with Crippen LogP contribution in [0.1, 0.15) is 27.6 Å². The predicted molar refractivity (Wildman–Crippen MR) is 62.9 cm³/mol. The van der Waals surface area contributed by atoms with Crippen LogP contribution in [0.2, 0.25) is 0 Å². The van der Waals surface area contributed by atoms with Crippen LogP contribution in [-0.2, 0) is 6.42 Å². The fourth-order valence-corrected chi connectivity index (χ4v) is 1.63. The molecule has 1 heterocycles. The Balaban J connectivity index is 2.28. The molecule has 2 rings (SSSR count). The third-order valence-corrected chi connectivity index (χ3v) is 2.40. The summed E-state index contributed by atoms with van der Waals surface area (Å²) in [5, 5.41) is 8.86. The van der Waals surface area contributed by atoms with Crippen molar-refractivity contribution in [3.8, 4) is 0 Å². The number of aromatic nitrogens is 2. The fourth-order valence-electron chi connectivity index (χ4n) is 1.63. The zero-order valence-electron chi connectivity index (χ0n) is 9.72. The van der Waals surface area contributed by atoms with Gasteiger partial charge >= 0.3 is 5.97 Å². The zero-order valence-corrected chi connectivity index (χ0v) is 9.72. The third kappa shape index (κ3) is 2.88. The number of halogens is 1. The van der Waals surface area contributed by atoms with Crippen LogP contribution >= 0.6 is 0 Å². The maximum Gasteiger partial charge on any atom is 0.373 e. The quantitative estimate of drug-likeness (QED) is 0.901. The molecular formula is C13H11FN2O2. The van der Waals surface area contributed by atoms with Gasteiger partial charge in [-0.05, 0) is 30.7 Å². The second-order valence-electron chi connectivity index (χ2n) is 3.93. The molecule has 0 unspecified atom stereocenters. The first-order chi connectivity index (χ1) is 8.54. The van der Waals surface area contributed by atoms with Gasteiger partial charge in [-0.25, -0.2) is 19.2 Å². The van der Waals surface area contributed by atoms with Crippen LogP contribution in [0.4, 0.5) is 4.39 Å². The summed E-state index contributed by atoms with van der Waals surface area (Å²) in [5.41, 5.74) is 2.07. The van der Waals surface area contributed by atoms with Crippen molar-refractivity contribution in [2.45, 2.75) is 13.3 Å². The normalized spacial score (nSPS) is 10.3. The maximum atomic E-state index is 12.8. The van der Waals surface area contributed by atoms with E-state index in [0.717, 1.165) is 5.56 Å². The Morgan fingerprint density at radius 3 is 2.56 bits per heavy atom. The van der Waals surface area contributed by atoms with E-state index in [2.05, 4.69) is 9.97 Å². The fraction of sp³-hybridized carbons (Fsp3) is 0.154. The Labute approximate surface area is 103 Å². The number of hydrogen-bond donors (Lipinski definition) is 1. The number of hydrogen-bond acceptors (Lipinski definition) is 3. The smallest absolute Gasteiger partial charge is 0.373 e. The van der Waals surface area contributed by atoms with Crippen molar-refractivity contribution in [3.05, 3.63) is 58.9 Å². The van der Waals surface area contributed by atoms with Gasteiger partial charge in [-0.3, -0.25) is 0 Å². The van der Waals surface area contributed by atoms with Crippen molar-refractivity contribution >= 4 is 5.97 Å². The van der Waals surface area contributed by atoms with Crippen LogP contribution < -0.4 is 0 Å². The number of aromatic carboxylic acids is 1. The molecule has 0 saturated carbocycles. The molecular weight excluding hydrogens is 235 g/mol. The van der Waals surface area contributed by atoms with Crippen molar-refractivity contribution < 1.29 is 14.3 Å². The second kappa shape index (κ2) is 4.91. The summed E-state index contributed by atoms with van der Waals surface area (Å²) in [6.45, 7) is 1.71. The topological polar surface area (TPSA) is 63.1 Å². The average Bonchev–Trinajstić information content (AvgIpc) is 2.31. The number of nitrogens with zero attached hydrogens (tertiary/aromatic N) is 2. The lowest BCUT2D eigenvalue weighted by Crippen LogP contribution is -2.08. The summed E-state index contributed by atoms with van der Waals surface area (Å²) in [6, 6.07) is 7.74. The summed E-state index contributed by atoms with van der Waals surface area (Å²) in [7, 11) is 0. The van der Waals surface area contributed by atoms with Crippen LogP contribution in [0.5, 0.6) is 0 Å². The monoisotopic (exact) mass is 246 g/mol. The Bertz CT molecular complexity index is 582. The molecule has 1 N–H and O–H groups in total. The Kier molecular flexibility index (Phi) is 3.32. The molecule has 0 atom stereocenters. The van der Waals surface area contributed by atoms with Gasteiger partial charge in [0.2, 0.25) is 5.82 Å². The van der Waals surface area contributed by atoms with Gasteiger partial charge in [-0.15, -0.1) is 0 Å². The molecule has 1 aromatic heterocycles. The standard InChI is InChI=1S/C13H11FN2O2/c1-8-6-11(16-12(15-8)13(17)18)7-9-2-4-10(14)5-3-9/h2-6H,7H2,1H3,(H,17,18). The molecule has 0 saturated heterocycles. The van der Waals surface area contributed by atoms with E-state index in [-0.39, 0.29) is 11.6 Å². The Hall–Kier alpha value is -2.30. The lowest BCUT2D eigenvalue weighted by Gasteiger charge is -2.04. The molecule has 0 aliphatic carbocycles. The van der Waals surface area contributed by atoms with E-state index in [0.29, 0.717) is 17.8 Å². The molecule has 4 nitrogen and oxygen atoms in total. The molecule has 0 aliphatic heterocycles. The number of aryl methyl sites for hydroxylation is 1. The second-order valence-corrected chi connectivity index (χ2v) is 3.93. The van der Waals surface area contributed by atoms with E-state index >= 15 is 0 Å². The first-order valence-electron chi connectivity index (χ1n) is 5.37. The summed E-state index contributed by atoms with van der Waals surface area (Å²) in [5.74, 6) is -1.67. The first-order valence-corrected chi connectivity index (χ1v) is 5.37. The summed E-state index contributed by atoms with van der Waals surface area (Å²) >= 11 is 0. The van der Waals surface area contributed by atoms with E-state index < -0.39 is 5.97 Å². The molecule has 92 valence electrons. The van der Waals surface area contributed by atoms with Gasteiger partial charge in [0.15, 0.2) is 0 Å². The largest absolute Gasteiger partial charge is 0.475 e. The Morgan fingerprint density at radius 1 is 1.28 bits per heavy atom. The van der Waals surface area contributed by atoms with E-state index in [1.165, 1.54) is 12.1 Å². The van der Waals surface area contributed by atoms with Crippen molar-refractivity contribution in [2.24, 2.45) is 0 Å². The van der Waals surface area contributed by atoms with Crippen LogP contribution in [0.25, 0.3) is 0 Å². The van der Waals surface area contributed by atoms with Gasteiger partial charge in [0.05, 0.1) is 0 Å². The van der Waals surface area contributed by atoms with Crippen molar-refractivity contribution in [3.63, 3.8) is 0 Å². The lowest BCUT2D eigenvalue weighted by atomic mass is 10.1. The highest BCUT2D eigenvalue weighted by Crippen LogP contribution is 2.10. The van der Waals surface area contributed by atoms with Crippen molar-refractivity contribution in [1.29, 1.82) is 0 Å². The number of carbonyl (C=O) groups is 1. The van der Waals surface area contributed by atoms with Gasteiger partial charge < -0.3 is 5.11 Å². The van der Waals surface area contributed by atoms with Crippen LogP contribution in [0.15, 0.2) is 30.3 Å². The molecule has 0 radical (unpaired) electrons. The third-order valence-electron chi connectivity index (χ3n) is 2.40. The molecule has 0 fully saturated rings.